The fraction of sp³-hybridized carbons (Fsp3) is 0.292. The first-order valence-corrected chi connectivity index (χ1v) is 10.6. The average Bonchev–Trinajstić information content (AvgIpc) is 3.44. The van der Waals surface area contributed by atoms with Gasteiger partial charge in [0.2, 0.25) is 0 Å². The van der Waals surface area contributed by atoms with Gasteiger partial charge in [-0.15, -0.1) is 0 Å². The average molecular weight is 417 g/mol. The van der Waals surface area contributed by atoms with E-state index >= 15 is 0 Å². The number of fused-ring (bicyclic) bond motifs is 1. The molecule has 2 atom stereocenters. The lowest BCUT2D eigenvalue weighted by Crippen LogP contribution is -2.45. The van der Waals surface area contributed by atoms with Crippen molar-refractivity contribution >= 4 is 16.9 Å². The number of hydrogen-bond donors (Lipinski definition) is 1. The zero-order valence-corrected chi connectivity index (χ0v) is 17.3. The van der Waals surface area contributed by atoms with E-state index in [1.54, 1.807) is 29.3 Å². The minimum Gasteiger partial charge on any atom is -0.336 e. The van der Waals surface area contributed by atoms with Crippen molar-refractivity contribution in [3.8, 4) is 11.1 Å². The van der Waals surface area contributed by atoms with E-state index in [0.717, 1.165) is 41.5 Å². The minimum absolute atomic E-state index is 0.0633. The van der Waals surface area contributed by atoms with Crippen molar-refractivity contribution in [3.63, 3.8) is 0 Å². The summed E-state index contributed by atoms with van der Waals surface area (Å²) in [5.74, 6) is -0.240. The number of nitrogens with one attached hydrogen (secondary N) is 1. The number of rotatable bonds is 4. The van der Waals surface area contributed by atoms with Crippen molar-refractivity contribution in [1.29, 1.82) is 0 Å². The predicted octanol–water partition coefficient (Wildman–Crippen LogP) is 4.51. The third-order valence-electron chi connectivity index (χ3n) is 6.26. The van der Waals surface area contributed by atoms with Gasteiger partial charge in [-0.05, 0) is 55.5 Å². The molecule has 158 valence electrons. The van der Waals surface area contributed by atoms with Crippen LogP contribution in [0.5, 0.6) is 0 Å². The Bertz CT molecular complexity index is 1220. The summed E-state index contributed by atoms with van der Waals surface area (Å²) in [5, 5.41) is 6.85. The van der Waals surface area contributed by atoms with Gasteiger partial charge in [0.1, 0.15) is 5.82 Å². The summed E-state index contributed by atoms with van der Waals surface area (Å²) in [4.78, 5) is 19.2. The molecule has 0 radical (unpaired) electrons. The summed E-state index contributed by atoms with van der Waals surface area (Å²) in [6.45, 7) is 3.54. The summed E-state index contributed by atoms with van der Waals surface area (Å²) in [6, 6.07) is 12.5. The van der Waals surface area contributed by atoms with Gasteiger partial charge in [-0.3, -0.25) is 9.89 Å². The summed E-state index contributed by atoms with van der Waals surface area (Å²) >= 11 is 0. The number of piperidine rings is 1. The maximum absolute atomic E-state index is 14.1. The number of imidazole rings is 1. The van der Waals surface area contributed by atoms with Crippen molar-refractivity contribution < 1.29 is 9.18 Å². The standard InChI is InChI=1S/C24H24FN5O/c1-16-10-17(8-9-30(16)24(31)20-4-2-3-5-21(20)25)14-29-15-26-22-11-18(6-7-23(22)29)19-12-27-28-13-19/h2-7,11-13,15-17H,8-10,14H2,1H3,(H,27,28). The number of hydrogen-bond acceptors (Lipinski definition) is 3. The van der Waals surface area contributed by atoms with Gasteiger partial charge < -0.3 is 9.47 Å². The van der Waals surface area contributed by atoms with E-state index in [4.69, 9.17) is 0 Å². The van der Waals surface area contributed by atoms with Crippen LogP contribution in [-0.4, -0.2) is 43.1 Å². The zero-order valence-electron chi connectivity index (χ0n) is 17.3. The van der Waals surface area contributed by atoms with Gasteiger partial charge in [-0.2, -0.15) is 5.10 Å². The Balaban J connectivity index is 1.28. The zero-order chi connectivity index (χ0) is 21.4. The van der Waals surface area contributed by atoms with E-state index in [1.165, 1.54) is 6.07 Å². The van der Waals surface area contributed by atoms with Crippen LogP contribution in [0.25, 0.3) is 22.2 Å². The molecule has 1 N–H and O–H groups in total. The third kappa shape index (κ3) is 3.71. The van der Waals surface area contributed by atoms with E-state index in [1.807, 2.05) is 19.4 Å². The lowest BCUT2D eigenvalue weighted by molar-refractivity contribution is 0.0560. The Labute approximate surface area is 179 Å². The van der Waals surface area contributed by atoms with E-state index in [-0.39, 0.29) is 17.5 Å². The highest BCUT2D eigenvalue weighted by atomic mass is 19.1. The smallest absolute Gasteiger partial charge is 0.257 e. The minimum atomic E-state index is -0.457. The van der Waals surface area contributed by atoms with Crippen LogP contribution in [0, 0.1) is 11.7 Å². The molecule has 0 aliphatic carbocycles. The van der Waals surface area contributed by atoms with Crippen LogP contribution in [0.1, 0.15) is 30.1 Å². The SMILES string of the molecule is CC1CC(Cn2cnc3cc(-c4cn[nH]c4)ccc32)CCN1C(=O)c1ccccc1F. The lowest BCUT2D eigenvalue weighted by atomic mass is 9.91. The number of carbonyl (C=O) groups excluding carboxylic acids is 1. The Morgan fingerprint density at radius 1 is 1.23 bits per heavy atom. The number of benzene rings is 2. The molecule has 0 spiro atoms. The molecule has 1 amide bonds. The maximum Gasteiger partial charge on any atom is 0.257 e. The molecule has 1 fully saturated rings. The van der Waals surface area contributed by atoms with Crippen molar-refractivity contribution in [2.45, 2.75) is 32.4 Å². The fourth-order valence-electron chi connectivity index (χ4n) is 4.60. The first kappa shape index (κ1) is 19.5. The number of carbonyl (C=O) groups is 1. The molecule has 6 nitrogen and oxygen atoms in total. The highest BCUT2D eigenvalue weighted by molar-refractivity contribution is 5.94. The van der Waals surface area contributed by atoms with Crippen LogP contribution in [0.3, 0.4) is 0 Å². The van der Waals surface area contributed by atoms with Gasteiger partial charge in [0.05, 0.1) is 29.1 Å². The molecular formula is C24H24FN5O. The van der Waals surface area contributed by atoms with Crippen LogP contribution in [0.4, 0.5) is 4.39 Å². The number of nitrogens with zero attached hydrogens (tertiary/aromatic N) is 4. The van der Waals surface area contributed by atoms with Gasteiger partial charge in [-0.25, -0.2) is 9.37 Å². The van der Waals surface area contributed by atoms with E-state index in [2.05, 4.69) is 37.9 Å². The second-order valence-corrected chi connectivity index (χ2v) is 8.31. The number of H-pyrrole nitrogens is 1. The largest absolute Gasteiger partial charge is 0.336 e. The molecule has 2 aromatic heterocycles. The second-order valence-electron chi connectivity index (χ2n) is 8.31. The molecular weight excluding hydrogens is 393 g/mol. The molecule has 0 saturated carbocycles. The Morgan fingerprint density at radius 3 is 2.87 bits per heavy atom. The topological polar surface area (TPSA) is 66.8 Å². The van der Waals surface area contributed by atoms with Gasteiger partial charge >= 0.3 is 0 Å². The molecule has 31 heavy (non-hydrogen) atoms. The lowest BCUT2D eigenvalue weighted by Gasteiger charge is -2.38. The molecule has 1 aliphatic heterocycles. The normalized spacial score (nSPS) is 19.1. The van der Waals surface area contributed by atoms with E-state index in [9.17, 15) is 9.18 Å². The Morgan fingerprint density at radius 2 is 2.10 bits per heavy atom. The molecule has 3 heterocycles. The van der Waals surface area contributed by atoms with Gasteiger partial charge in [0.25, 0.3) is 5.91 Å². The van der Waals surface area contributed by atoms with Crippen LogP contribution in [-0.2, 0) is 6.54 Å². The highest BCUT2D eigenvalue weighted by Crippen LogP contribution is 2.28. The van der Waals surface area contributed by atoms with Crippen molar-refractivity contribution in [2.24, 2.45) is 5.92 Å². The maximum atomic E-state index is 14.1. The predicted molar refractivity (Wildman–Crippen MR) is 117 cm³/mol. The number of amides is 1. The monoisotopic (exact) mass is 417 g/mol. The van der Waals surface area contributed by atoms with Gasteiger partial charge in [0, 0.05) is 30.9 Å². The molecule has 7 heteroatoms. The first-order valence-electron chi connectivity index (χ1n) is 10.6. The van der Waals surface area contributed by atoms with Crippen molar-refractivity contribution in [2.75, 3.05) is 6.54 Å². The molecule has 5 rings (SSSR count). The quantitative estimate of drug-likeness (QED) is 0.531. The number of halogens is 1. The van der Waals surface area contributed by atoms with Crippen LogP contribution in [0.2, 0.25) is 0 Å². The summed E-state index contributed by atoms with van der Waals surface area (Å²) in [7, 11) is 0. The fourth-order valence-corrected chi connectivity index (χ4v) is 4.60. The number of likely N-dealkylation sites (tertiary alicyclic amines) is 1. The molecule has 0 bridgehead atoms. The molecule has 2 unspecified atom stereocenters. The van der Waals surface area contributed by atoms with Crippen molar-refractivity contribution in [3.05, 3.63) is 72.6 Å². The molecule has 2 aromatic carbocycles. The number of aromatic amines is 1. The van der Waals surface area contributed by atoms with Crippen LogP contribution >= 0.6 is 0 Å². The van der Waals surface area contributed by atoms with Crippen molar-refractivity contribution in [1.82, 2.24) is 24.6 Å². The van der Waals surface area contributed by atoms with Gasteiger partial charge in [0.15, 0.2) is 0 Å². The van der Waals surface area contributed by atoms with Crippen LogP contribution in [0.15, 0.2) is 61.2 Å². The number of aromatic nitrogens is 4. The molecule has 1 saturated heterocycles. The molecule has 1 aliphatic rings. The van der Waals surface area contributed by atoms with E-state index in [0.29, 0.717) is 12.5 Å². The van der Waals surface area contributed by atoms with E-state index < -0.39 is 5.82 Å². The highest BCUT2D eigenvalue weighted by Gasteiger charge is 2.30. The summed E-state index contributed by atoms with van der Waals surface area (Å²) in [6.07, 6.45) is 7.33. The second kappa shape index (κ2) is 7.98. The summed E-state index contributed by atoms with van der Waals surface area (Å²) in [5.41, 5.74) is 4.34. The third-order valence-corrected chi connectivity index (χ3v) is 6.26. The van der Waals surface area contributed by atoms with Gasteiger partial charge in [-0.1, -0.05) is 18.2 Å². The van der Waals surface area contributed by atoms with Crippen LogP contribution < -0.4 is 0 Å². The molecule has 4 aromatic rings. The Kier molecular flexibility index (Phi) is 5.02. The summed E-state index contributed by atoms with van der Waals surface area (Å²) < 4.78 is 16.2. The Hall–Kier alpha value is -3.48. The first-order chi connectivity index (χ1) is 15.1.